The Hall–Kier alpha value is -1.42. The van der Waals surface area contributed by atoms with Gasteiger partial charge in [0.15, 0.2) is 0 Å². The second kappa shape index (κ2) is 3.38. The Kier molecular flexibility index (Phi) is 2.21. The highest BCUT2D eigenvalue weighted by molar-refractivity contribution is 5.46. The van der Waals surface area contributed by atoms with Crippen LogP contribution in [0.15, 0.2) is 18.2 Å². The highest BCUT2D eigenvalue weighted by Gasteiger charge is 2.23. The zero-order valence-corrected chi connectivity index (χ0v) is 7.99. The Balaban J connectivity index is 2.40. The maximum Gasteiger partial charge on any atom is 0.272 e. The van der Waals surface area contributed by atoms with Crippen LogP contribution in [0.4, 0.5) is 5.69 Å². The van der Waals surface area contributed by atoms with Crippen molar-refractivity contribution >= 4 is 5.69 Å². The SMILES string of the molecule is Cc1c([C@H]2CCN2)cccc1[N+](=O)[O-]. The third kappa shape index (κ3) is 1.37. The lowest BCUT2D eigenvalue weighted by Crippen LogP contribution is -2.35. The van der Waals surface area contributed by atoms with Gasteiger partial charge < -0.3 is 5.32 Å². The van der Waals surface area contributed by atoms with E-state index in [1.165, 1.54) is 0 Å². The Labute approximate surface area is 82.1 Å². The van der Waals surface area contributed by atoms with E-state index in [1.54, 1.807) is 12.1 Å². The molecule has 0 aliphatic carbocycles. The monoisotopic (exact) mass is 192 g/mol. The number of nitrogens with zero attached hydrogens (tertiary/aromatic N) is 1. The van der Waals surface area contributed by atoms with Gasteiger partial charge in [-0.2, -0.15) is 0 Å². The minimum atomic E-state index is -0.322. The van der Waals surface area contributed by atoms with E-state index in [9.17, 15) is 10.1 Å². The normalized spacial score (nSPS) is 20.2. The number of nitrogens with one attached hydrogen (secondary N) is 1. The van der Waals surface area contributed by atoms with Crippen molar-refractivity contribution in [2.45, 2.75) is 19.4 Å². The number of rotatable bonds is 2. The van der Waals surface area contributed by atoms with Crippen LogP contribution in [0.3, 0.4) is 0 Å². The molecule has 1 aliphatic rings. The smallest absolute Gasteiger partial charge is 0.272 e. The van der Waals surface area contributed by atoms with E-state index < -0.39 is 0 Å². The molecule has 0 unspecified atom stereocenters. The fourth-order valence-electron chi connectivity index (χ4n) is 1.77. The van der Waals surface area contributed by atoms with Crippen molar-refractivity contribution in [2.75, 3.05) is 6.54 Å². The van der Waals surface area contributed by atoms with Crippen molar-refractivity contribution in [3.63, 3.8) is 0 Å². The second-order valence-electron chi connectivity index (χ2n) is 3.54. The molecule has 0 amide bonds. The first kappa shape index (κ1) is 9.15. The fraction of sp³-hybridized carbons (Fsp3) is 0.400. The van der Waals surface area contributed by atoms with Crippen LogP contribution in [0.1, 0.15) is 23.6 Å². The molecule has 1 aromatic carbocycles. The molecule has 14 heavy (non-hydrogen) atoms. The summed E-state index contributed by atoms with van der Waals surface area (Å²) in [5.74, 6) is 0. The number of nitro groups is 1. The summed E-state index contributed by atoms with van der Waals surface area (Å²) in [5.41, 5.74) is 2.07. The van der Waals surface area contributed by atoms with Gasteiger partial charge in [0.05, 0.1) is 4.92 Å². The molecule has 74 valence electrons. The molecule has 1 fully saturated rings. The van der Waals surface area contributed by atoms with E-state index in [0.29, 0.717) is 6.04 Å². The Morgan fingerprint density at radius 1 is 1.57 bits per heavy atom. The Morgan fingerprint density at radius 2 is 2.29 bits per heavy atom. The van der Waals surface area contributed by atoms with Crippen LogP contribution in [0, 0.1) is 17.0 Å². The van der Waals surface area contributed by atoms with Gasteiger partial charge in [0, 0.05) is 17.7 Å². The summed E-state index contributed by atoms with van der Waals surface area (Å²) < 4.78 is 0. The fourth-order valence-corrected chi connectivity index (χ4v) is 1.77. The molecule has 1 N–H and O–H groups in total. The van der Waals surface area contributed by atoms with Gasteiger partial charge in [-0.25, -0.2) is 0 Å². The molecule has 0 bridgehead atoms. The van der Waals surface area contributed by atoms with Gasteiger partial charge in [-0.3, -0.25) is 10.1 Å². The van der Waals surface area contributed by atoms with E-state index in [1.807, 2.05) is 13.0 Å². The van der Waals surface area contributed by atoms with Gasteiger partial charge in [-0.1, -0.05) is 12.1 Å². The predicted octanol–water partition coefficient (Wildman–Crippen LogP) is 1.94. The van der Waals surface area contributed by atoms with Gasteiger partial charge in [0.25, 0.3) is 5.69 Å². The first-order valence-electron chi connectivity index (χ1n) is 4.67. The van der Waals surface area contributed by atoms with Crippen LogP contribution in [-0.4, -0.2) is 11.5 Å². The summed E-state index contributed by atoms with van der Waals surface area (Å²) in [7, 11) is 0. The number of hydrogen-bond acceptors (Lipinski definition) is 3. The summed E-state index contributed by atoms with van der Waals surface area (Å²) in [5, 5.41) is 13.9. The lowest BCUT2D eigenvalue weighted by molar-refractivity contribution is -0.385. The van der Waals surface area contributed by atoms with Gasteiger partial charge in [0.2, 0.25) is 0 Å². The molecule has 1 atom stereocenters. The highest BCUT2D eigenvalue weighted by atomic mass is 16.6. The first-order chi connectivity index (χ1) is 6.70. The molecule has 1 aromatic rings. The summed E-state index contributed by atoms with van der Waals surface area (Å²) in [6, 6.07) is 5.58. The summed E-state index contributed by atoms with van der Waals surface area (Å²) in [6.45, 7) is 2.82. The lowest BCUT2D eigenvalue weighted by atomic mass is 9.93. The van der Waals surface area contributed by atoms with Crippen molar-refractivity contribution in [1.29, 1.82) is 0 Å². The van der Waals surface area contributed by atoms with Crippen LogP contribution in [-0.2, 0) is 0 Å². The first-order valence-corrected chi connectivity index (χ1v) is 4.67. The topological polar surface area (TPSA) is 55.2 Å². The summed E-state index contributed by atoms with van der Waals surface area (Å²) in [6.07, 6.45) is 1.07. The van der Waals surface area contributed by atoms with E-state index >= 15 is 0 Å². The molecule has 0 aromatic heterocycles. The molecular weight excluding hydrogens is 180 g/mol. The van der Waals surface area contributed by atoms with Gasteiger partial charge in [-0.05, 0) is 25.5 Å². The molecule has 0 spiro atoms. The average molecular weight is 192 g/mol. The molecule has 4 heteroatoms. The summed E-state index contributed by atoms with van der Waals surface area (Å²) in [4.78, 5) is 10.4. The van der Waals surface area contributed by atoms with E-state index in [0.717, 1.165) is 24.1 Å². The predicted molar refractivity (Wildman–Crippen MR) is 53.2 cm³/mol. The molecule has 1 heterocycles. The van der Waals surface area contributed by atoms with Gasteiger partial charge >= 0.3 is 0 Å². The Bertz CT molecular complexity index is 372. The lowest BCUT2D eigenvalue weighted by Gasteiger charge is -2.29. The molecule has 0 radical (unpaired) electrons. The van der Waals surface area contributed by atoms with Gasteiger partial charge in [-0.15, -0.1) is 0 Å². The zero-order chi connectivity index (χ0) is 10.1. The highest BCUT2D eigenvalue weighted by Crippen LogP contribution is 2.30. The van der Waals surface area contributed by atoms with Crippen molar-refractivity contribution in [3.05, 3.63) is 39.4 Å². The van der Waals surface area contributed by atoms with Crippen LogP contribution in [0.25, 0.3) is 0 Å². The van der Waals surface area contributed by atoms with E-state index in [4.69, 9.17) is 0 Å². The van der Waals surface area contributed by atoms with Crippen molar-refractivity contribution < 1.29 is 4.92 Å². The van der Waals surface area contributed by atoms with Crippen LogP contribution in [0.2, 0.25) is 0 Å². The van der Waals surface area contributed by atoms with E-state index in [2.05, 4.69) is 5.32 Å². The number of nitro benzene ring substituents is 1. The van der Waals surface area contributed by atoms with Crippen molar-refractivity contribution in [1.82, 2.24) is 5.32 Å². The van der Waals surface area contributed by atoms with Crippen LogP contribution in [0.5, 0.6) is 0 Å². The molecule has 1 saturated heterocycles. The van der Waals surface area contributed by atoms with Gasteiger partial charge in [0.1, 0.15) is 0 Å². The van der Waals surface area contributed by atoms with Crippen LogP contribution >= 0.6 is 0 Å². The number of benzene rings is 1. The standard InChI is InChI=1S/C10H12N2O2/c1-7-8(9-5-6-11-9)3-2-4-10(7)12(13)14/h2-4,9,11H,5-6H2,1H3/t9-/m1/s1. The average Bonchev–Trinajstić information content (AvgIpc) is 2.04. The second-order valence-corrected chi connectivity index (χ2v) is 3.54. The van der Waals surface area contributed by atoms with E-state index in [-0.39, 0.29) is 10.6 Å². The molecular formula is C10H12N2O2. The third-order valence-corrected chi connectivity index (χ3v) is 2.74. The minimum Gasteiger partial charge on any atom is -0.310 e. The maximum absolute atomic E-state index is 10.7. The summed E-state index contributed by atoms with van der Waals surface area (Å²) >= 11 is 0. The molecule has 0 saturated carbocycles. The Morgan fingerprint density at radius 3 is 2.79 bits per heavy atom. The van der Waals surface area contributed by atoms with Crippen molar-refractivity contribution in [3.8, 4) is 0 Å². The zero-order valence-electron chi connectivity index (χ0n) is 7.99. The largest absolute Gasteiger partial charge is 0.310 e. The maximum atomic E-state index is 10.7. The molecule has 1 aliphatic heterocycles. The third-order valence-electron chi connectivity index (χ3n) is 2.74. The van der Waals surface area contributed by atoms with Crippen molar-refractivity contribution in [2.24, 2.45) is 0 Å². The van der Waals surface area contributed by atoms with Crippen LogP contribution < -0.4 is 5.32 Å². The quantitative estimate of drug-likeness (QED) is 0.575. The number of hydrogen-bond donors (Lipinski definition) is 1. The molecule has 4 nitrogen and oxygen atoms in total. The molecule has 2 rings (SSSR count). The minimum absolute atomic E-state index is 0.219.